The van der Waals surface area contributed by atoms with Crippen LogP contribution >= 0.6 is 7.82 Å². The van der Waals surface area contributed by atoms with Crippen molar-refractivity contribution in [3.63, 3.8) is 0 Å². The maximum absolute atomic E-state index is 12.6. The van der Waals surface area contributed by atoms with Gasteiger partial charge in [0.15, 0.2) is 6.10 Å². The lowest BCUT2D eigenvalue weighted by atomic mass is 10.0. The van der Waals surface area contributed by atoms with Crippen LogP contribution in [0.5, 0.6) is 0 Å². The Morgan fingerprint density at radius 2 is 0.948 bits per heavy atom. The zero-order valence-corrected chi connectivity index (χ0v) is 37.0. The molecule has 0 aliphatic heterocycles. The molecular weight excluding hydrogens is 757 g/mol. The third-order valence-corrected chi connectivity index (χ3v) is 10.2. The molecule has 334 valence electrons. The van der Waals surface area contributed by atoms with Gasteiger partial charge in [0, 0.05) is 12.8 Å². The summed E-state index contributed by atoms with van der Waals surface area (Å²) in [4.78, 5) is 45.9. The molecule has 0 aromatic carbocycles. The molecule has 0 heterocycles. The van der Waals surface area contributed by atoms with Gasteiger partial charge in [0.1, 0.15) is 12.6 Å². The Kier molecular flexibility index (Phi) is 38.9. The fraction of sp³-hybridized carbons (Fsp3) is 0.717. The van der Waals surface area contributed by atoms with E-state index in [0.29, 0.717) is 12.8 Å². The second-order valence-corrected chi connectivity index (χ2v) is 16.3. The van der Waals surface area contributed by atoms with Gasteiger partial charge in [-0.15, -0.1) is 0 Å². The molecule has 0 saturated carbocycles. The molecule has 0 saturated heterocycles. The summed E-state index contributed by atoms with van der Waals surface area (Å²) < 4.78 is 32.6. The number of ether oxygens (including phenoxy) is 2. The van der Waals surface area contributed by atoms with E-state index < -0.39 is 51.1 Å². The number of carbonyl (C=O) groups is 3. The van der Waals surface area contributed by atoms with Crippen molar-refractivity contribution in [2.45, 2.75) is 193 Å². The van der Waals surface area contributed by atoms with Crippen LogP contribution < -0.4 is 5.73 Å². The number of hydrogen-bond acceptors (Lipinski definition) is 9. The van der Waals surface area contributed by atoms with Crippen LogP contribution in [-0.4, -0.2) is 59.9 Å². The van der Waals surface area contributed by atoms with E-state index in [9.17, 15) is 23.8 Å². The summed E-state index contributed by atoms with van der Waals surface area (Å²) in [6.45, 7) is 2.70. The van der Waals surface area contributed by atoms with Crippen molar-refractivity contribution < 1.29 is 47.5 Å². The summed E-state index contributed by atoms with van der Waals surface area (Å²) in [6.07, 6.45) is 47.3. The zero-order valence-electron chi connectivity index (χ0n) is 36.1. The van der Waals surface area contributed by atoms with Crippen molar-refractivity contribution in [2.75, 3.05) is 19.8 Å². The van der Waals surface area contributed by atoms with Gasteiger partial charge in [-0.3, -0.25) is 23.4 Å². The van der Waals surface area contributed by atoms with Crippen LogP contribution in [0.25, 0.3) is 0 Å². The second kappa shape index (κ2) is 40.9. The molecule has 0 aromatic rings. The first-order valence-corrected chi connectivity index (χ1v) is 23.8. The van der Waals surface area contributed by atoms with E-state index >= 15 is 0 Å². The minimum Gasteiger partial charge on any atom is -0.480 e. The van der Waals surface area contributed by atoms with Gasteiger partial charge < -0.3 is 25.2 Å². The lowest BCUT2D eigenvalue weighted by Gasteiger charge is -2.20. The Morgan fingerprint density at radius 1 is 0.534 bits per heavy atom. The summed E-state index contributed by atoms with van der Waals surface area (Å²) in [5, 5.41) is 8.89. The monoisotopic (exact) mass is 838 g/mol. The number of carbonyl (C=O) groups excluding carboxylic acids is 2. The highest BCUT2D eigenvalue weighted by Crippen LogP contribution is 2.43. The van der Waals surface area contributed by atoms with Crippen LogP contribution in [-0.2, 0) is 37.5 Å². The smallest absolute Gasteiger partial charge is 0.472 e. The number of rotatable bonds is 41. The normalized spacial score (nSPS) is 14.3. The summed E-state index contributed by atoms with van der Waals surface area (Å²) in [6, 6.07) is -1.53. The molecule has 0 fully saturated rings. The number of nitrogens with two attached hydrogens (primary N) is 1. The molecule has 0 amide bonds. The fourth-order valence-electron chi connectivity index (χ4n) is 5.75. The number of phosphoric ester groups is 1. The number of esters is 2. The molecule has 0 bridgehead atoms. The van der Waals surface area contributed by atoms with Gasteiger partial charge in [0.05, 0.1) is 13.2 Å². The zero-order chi connectivity index (χ0) is 42.8. The number of carboxylic acids is 1. The fourth-order valence-corrected chi connectivity index (χ4v) is 6.53. The Balaban J connectivity index is 4.48. The number of hydrogen-bond donors (Lipinski definition) is 3. The van der Waals surface area contributed by atoms with Crippen molar-refractivity contribution >= 4 is 25.7 Å². The summed E-state index contributed by atoms with van der Waals surface area (Å²) in [5.41, 5.74) is 5.33. The van der Waals surface area contributed by atoms with E-state index in [1.165, 1.54) is 89.9 Å². The predicted octanol–water partition coefficient (Wildman–Crippen LogP) is 12.0. The molecule has 0 aromatic heterocycles. The summed E-state index contributed by atoms with van der Waals surface area (Å²) in [5.74, 6) is -2.48. The molecule has 3 atom stereocenters. The molecule has 3 unspecified atom stereocenters. The van der Waals surface area contributed by atoms with Crippen molar-refractivity contribution in [2.24, 2.45) is 5.73 Å². The quantitative estimate of drug-likeness (QED) is 0.0231. The van der Waals surface area contributed by atoms with E-state index in [1.807, 2.05) is 12.2 Å². The van der Waals surface area contributed by atoms with E-state index in [4.69, 9.17) is 24.8 Å². The highest BCUT2D eigenvalue weighted by Gasteiger charge is 2.28. The summed E-state index contributed by atoms with van der Waals surface area (Å²) in [7, 11) is -4.74. The van der Waals surface area contributed by atoms with Gasteiger partial charge in [-0.1, -0.05) is 177 Å². The SMILES string of the molecule is CCCCC/C=C\C/C=C\C/C=C\C/C=C\C/C=C\CCC(=O)OC(COC(=O)CCCCCCCCCCCCCCCCC)COP(=O)(O)OCC(N)C(=O)O. The van der Waals surface area contributed by atoms with Gasteiger partial charge in [-0.25, -0.2) is 4.57 Å². The van der Waals surface area contributed by atoms with Gasteiger partial charge in [-0.05, 0) is 51.4 Å². The molecule has 0 aliphatic rings. The van der Waals surface area contributed by atoms with Crippen LogP contribution in [0, 0.1) is 0 Å². The molecule has 0 aliphatic carbocycles. The first-order valence-electron chi connectivity index (χ1n) is 22.3. The maximum atomic E-state index is 12.6. The van der Waals surface area contributed by atoms with Crippen LogP contribution in [0.2, 0.25) is 0 Å². The van der Waals surface area contributed by atoms with Gasteiger partial charge >= 0.3 is 25.7 Å². The first kappa shape index (κ1) is 55.2. The van der Waals surface area contributed by atoms with Crippen LogP contribution in [0.3, 0.4) is 0 Å². The summed E-state index contributed by atoms with van der Waals surface area (Å²) >= 11 is 0. The second-order valence-electron chi connectivity index (χ2n) is 14.8. The molecule has 58 heavy (non-hydrogen) atoms. The molecule has 12 heteroatoms. The third kappa shape index (κ3) is 40.0. The number of phosphoric acid groups is 1. The van der Waals surface area contributed by atoms with Gasteiger partial charge in [0.25, 0.3) is 0 Å². The average Bonchev–Trinajstić information content (AvgIpc) is 3.20. The maximum Gasteiger partial charge on any atom is 0.472 e. The number of allylic oxidation sites excluding steroid dienone is 10. The van der Waals surface area contributed by atoms with E-state index in [-0.39, 0.29) is 19.4 Å². The minimum atomic E-state index is -4.74. The number of aliphatic carboxylic acids is 1. The predicted molar refractivity (Wildman–Crippen MR) is 235 cm³/mol. The van der Waals surface area contributed by atoms with E-state index in [1.54, 1.807) is 0 Å². The van der Waals surface area contributed by atoms with Gasteiger partial charge in [0.2, 0.25) is 0 Å². The van der Waals surface area contributed by atoms with Crippen molar-refractivity contribution in [1.29, 1.82) is 0 Å². The highest BCUT2D eigenvalue weighted by molar-refractivity contribution is 7.47. The Hall–Kier alpha value is -2.82. The molecule has 0 rings (SSSR count). The molecule has 4 N–H and O–H groups in total. The number of unbranched alkanes of at least 4 members (excludes halogenated alkanes) is 17. The van der Waals surface area contributed by atoms with Crippen LogP contribution in [0.4, 0.5) is 0 Å². The van der Waals surface area contributed by atoms with Crippen molar-refractivity contribution in [1.82, 2.24) is 0 Å². The standard InChI is InChI=1S/C46H80NO10P/c1-3-5-7-9-11-13-15-17-19-20-21-22-24-26-28-30-32-34-36-38-45(49)57-42(40-55-58(52,53)56-41-43(47)46(50)51)39-54-44(48)37-35-33-31-29-27-25-23-18-16-14-12-10-8-6-4-2/h11,13,17,19,21-22,26,28,32,34,42-43H,3-10,12,14-16,18,20,23-25,27,29-31,33,35-41,47H2,1-2H3,(H,50,51)(H,52,53)/b13-11-,19-17-,22-21-,28-26-,34-32-. The minimum absolute atomic E-state index is 0.0371. The van der Waals surface area contributed by atoms with Crippen LogP contribution in [0.1, 0.15) is 181 Å². The highest BCUT2D eigenvalue weighted by atomic mass is 31.2. The molecule has 11 nitrogen and oxygen atoms in total. The lowest BCUT2D eigenvalue weighted by Crippen LogP contribution is -2.34. The topological polar surface area (TPSA) is 172 Å². The molecular formula is C46H80NO10P. The van der Waals surface area contributed by atoms with Crippen molar-refractivity contribution in [3.05, 3.63) is 60.8 Å². The largest absolute Gasteiger partial charge is 0.480 e. The average molecular weight is 838 g/mol. The molecule has 0 radical (unpaired) electrons. The lowest BCUT2D eigenvalue weighted by molar-refractivity contribution is -0.161. The Bertz CT molecular complexity index is 1210. The van der Waals surface area contributed by atoms with Crippen LogP contribution in [0.15, 0.2) is 60.8 Å². The van der Waals surface area contributed by atoms with Crippen molar-refractivity contribution in [3.8, 4) is 0 Å². The third-order valence-electron chi connectivity index (χ3n) is 9.28. The first-order chi connectivity index (χ1) is 28.1. The molecule has 0 spiro atoms. The Morgan fingerprint density at radius 3 is 1.43 bits per heavy atom. The number of carboxylic acid groups (broad SMARTS) is 1. The van der Waals surface area contributed by atoms with Gasteiger partial charge in [-0.2, -0.15) is 0 Å². The van der Waals surface area contributed by atoms with E-state index in [2.05, 4.69) is 67.0 Å². The van der Waals surface area contributed by atoms with E-state index in [0.717, 1.165) is 51.4 Å². The Labute approximate surface area is 351 Å².